The Kier molecular flexibility index (Phi) is 11.2. The monoisotopic (exact) mass is 457 g/mol. The molecule has 0 aliphatic rings. The molecule has 2 aromatic rings. The molecule has 32 heavy (non-hydrogen) atoms. The molecule has 0 amide bonds. The average molecular weight is 458 g/mol. The number of benzene rings is 1. The van der Waals surface area contributed by atoms with E-state index in [0.717, 1.165) is 56.2 Å². The van der Waals surface area contributed by atoms with Gasteiger partial charge in [-0.05, 0) is 72.9 Å². The molecular formula is C27H39NO3S. The first kappa shape index (κ1) is 26.3. The molecule has 0 saturated carbocycles. The van der Waals surface area contributed by atoms with E-state index in [9.17, 15) is 15.3 Å². The van der Waals surface area contributed by atoms with E-state index in [1.54, 1.807) is 11.3 Å². The van der Waals surface area contributed by atoms with Gasteiger partial charge in [-0.1, -0.05) is 57.2 Å². The normalized spacial score (nSPS) is 12.6. The summed E-state index contributed by atoms with van der Waals surface area (Å²) in [5, 5.41) is 33.9. The molecule has 1 heterocycles. The molecule has 0 saturated heterocycles. The molecule has 0 aliphatic carbocycles. The maximum absolute atomic E-state index is 10.4. The summed E-state index contributed by atoms with van der Waals surface area (Å²) in [6.07, 6.45) is 11.5. The number of allylic oxidation sites excluding steroid dienone is 3. The third-order valence-corrected chi connectivity index (χ3v) is 7.15. The lowest BCUT2D eigenvalue weighted by atomic mass is 9.97. The fourth-order valence-electron chi connectivity index (χ4n) is 3.61. The SMILES string of the molecule is CCC(=CC=CC(O)(CC)CC)c1ccc(NCCCCc2ccc(CO)c(CO)c2)s1. The maximum Gasteiger partial charge on any atom is 0.0888 e. The van der Waals surface area contributed by atoms with Crippen molar-refractivity contribution in [3.05, 3.63) is 70.1 Å². The van der Waals surface area contributed by atoms with Gasteiger partial charge in [0.25, 0.3) is 0 Å². The quantitative estimate of drug-likeness (QED) is 0.205. The van der Waals surface area contributed by atoms with Gasteiger partial charge in [0.15, 0.2) is 0 Å². The van der Waals surface area contributed by atoms with Crippen LogP contribution >= 0.6 is 11.3 Å². The van der Waals surface area contributed by atoms with Crippen molar-refractivity contribution in [2.24, 2.45) is 0 Å². The van der Waals surface area contributed by atoms with Gasteiger partial charge in [-0.15, -0.1) is 11.3 Å². The summed E-state index contributed by atoms with van der Waals surface area (Å²) < 4.78 is 0. The largest absolute Gasteiger partial charge is 0.392 e. The van der Waals surface area contributed by atoms with E-state index in [0.29, 0.717) is 0 Å². The predicted octanol–water partition coefficient (Wildman–Crippen LogP) is 6.07. The van der Waals surface area contributed by atoms with Gasteiger partial charge in [-0.2, -0.15) is 0 Å². The summed E-state index contributed by atoms with van der Waals surface area (Å²) in [4.78, 5) is 1.26. The maximum atomic E-state index is 10.4. The highest BCUT2D eigenvalue weighted by atomic mass is 32.1. The summed E-state index contributed by atoms with van der Waals surface area (Å²) in [6.45, 7) is 7.03. The van der Waals surface area contributed by atoms with Gasteiger partial charge < -0.3 is 20.6 Å². The number of aliphatic hydroxyl groups is 3. The number of aliphatic hydroxyl groups excluding tert-OH is 2. The molecule has 0 radical (unpaired) electrons. The molecule has 1 aromatic carbocycles. The standard InChI is InChI=1S/C27H39NO3S/c1-4-22(11-9-16-27(31,5-2)6-3)25-14-15-26(32-25)28-17-8-7-10-21-12-13-23(19-29)24(18-21)20-30/h9,11-16,18,28-31H,4-8,10,17,19-20H2,1-3H3. The van der Waals surface area contributed by atoms with Crippen molar-refractivity contribution in [1.29, 1.82) is 0 Å². The first-order valence-electron chi connectivity index (χ1n) is 11.8. The molecule has 4 nitrogen and oxygen atoms in total. The van der Waals surface area contributed by atoms with Crippen molar-refractivity contribution < 1.29 is 15.3 Å². The van der Waals surface area contributed by atoms with Gasteiger partial charge >= 0.3 is 0 Å². The Hall–Kier alpha value is -1.92. The van der Waals surface area contributed by atoms with E-state index in [4.69, 9.17) is 0 Å². The minimum atomic E-state index is -0.710. The molecule has 1 aromatic heterocycles. The van der Waals surface area contributed by atoms with Crippen LogP contribution in [0.1, 0.15) is 74.4 Å². The number of hydrogen-bond donors (Lipinski definition) is 4. The van der Waals surface area contributed by atoms with Crippen LogP contribution in [-0.4, -0.2) is 27.5 Å². The minimum absolute atomic E-state index is 0.0337. The van der Waals surface area contributed by atoms with E-state index in [1.807, 2.05) is 44.2 Å². The van der Waals surface area contributed by atoms with Crippen LogP contribution in [0.3, 0.4) is 0 Å². The number of unbranched alkanes of at least 4 members (excludes halogenated alkanes) is 1. The van der Waals surface area contributed by atoms with Gasteiger partial charge in [0.05, 0.1) is 23.8 Å². The van der Waals surface area contributed by atoms with Gasteiger partial charge in [-0.3, -0.25) is 0 Å². The Morgan fingerprint density at radius 1 is 1.00 bits per heavy atom. The Bertz CT molecular complexity index is 881. The fraction of sp³-hybridized carbons (Fsp3) is 0.481. The highest BCUT2D eigenvalue weighted by molar-refractivity contribution is 7.17. The zero-order valence-electron chi connectivity index (χ0n) is 19.7. The Balaban J connectivity index is 1.83. The van der Waals surface area contributed by atoms with E-state index in [1.165, 1.54) is 21.0 Å². The van der Waals surface area contributed by atoms with Crippen LogP contribution in [0.5, 0.6) is 0 Å². The van der Waals surface area contributed by atoms with E-state index >= 15 is 0 Å². The summed E-state index contributed by atoms with van der Waals surface area (Å²) in [6, 6.07) is 10.3. The lowest BCUT2D eigenvalue weighted by Crippen LogP contribution is -2.22. The van der Waals surface area contributed by atoms with Gasteiger partial charge in [-0.25, -0.2) is 0 Å². The van der Waals surface area contributed by atoms with Gasteiger partial charge in [0.1, 0.15) is 0 Å². The highest BCUT2D eigenvalue weighted by Gasteiger charge is 2.16. The Morgan fingerprint density at radius 2 is 1.75 bits per heavy atom. The fourth-order valence-corrected chi connectivity index (χ4v) is 4.64. The van der Waals surface area contributed by atoms with E-state index in [2.05, 4.69) is 30.4 Å². The summed E-state index contributed by atoms with van der Waals surface area (Å²) >= 11 is 1.77. The summed E-state index contributed by atoms with van der Waals surface area (Å²) in [7, 11) is 0. The zero-order valence-corrected chi connectivity index (χ0v) is 20.5. The molecule has 0 spiro atoms. The second-order valence-corrected chi connectivity index (χ2v) is 9.27. The molecule has 5 heteroatoms. The van der Waals surface area contributed by atoms with Crippen LogP contribution in [0.15, 0.2) is 48.6 Å². The number of anilines is 1. The highest BCUT2D eigenvalue weighted by Crippen LogP contribution is 2.30. The second kappa shape index (κ2) is 13.6. The first-order chi connectivity index (χ1) is 15.5. The van der Waals surface area contributed by atoms with Crippen molar-refractivity contribution in [3.63, 3.8) is 0 Å². The summed E-state index contributed by atoms with van der Waals surface area (Å²) in [5.41, 5.74) is 3.39. The van der Waals surface area contributed by atoms with Gasteiger partial charge in [0, 0.05) is 11.4 Å². The molecule has 4 N–H and O–H groups in total. The topological polar surface area (TPSA) is 72.7 Å². The third kappa shape index (κ3) is 7.89. The summed E-state index contributed by atoms with van der Waals surface area (Å²) in [5.74, 6) is 0. The van der Waals surface area contributed by atoms with E-state index in [-0.39, 0.29) is 13.2 Å². The molecular weight excluding hydrogens is 418 g/mol. The average Bonchev–Trinajstić information content (AvgIpc) is 3.29. The third-order valence-electron chi connectivity index (χ3n) is 6.03. The molecule has 0 fully saturated rings. The van der Waals surface area contributed by atoms with Crippen molar-refractivity contribution in [1.82, 2.24) is 0 Å². The second-order valence-electron chi connectivity index (χ2n) is 8.18. The lowest BCUT2D eigenvalue weighted by molar-refractivity contribution is 0.0828. The molecule has 0 bridgehead atoms. The van der Waals surface area contributed by atoms with Crippen LogP contribution in [0.4, 0.5) is 5.00 Å². The number of hydrogen-bond acceptors (Lipinski definition) is 5. The minimum Gasteiger partial charge on any atom is -0.392 e. The number of aryl methyl sites for hydroxylation is 1. The van der Waals surface area contributed by atoms with Crippen molar-refractivity contribution in [2.45, 2.75) is 78.1 Å². The zero-order chi connectivity index (χ0) is 23.4. The molecule has 176 valence electrons. The smallest absolute Gasteiger partial charge is 0.0888 e. The number of nitrogens with one attached hydrogen (secondary N) is 1. The lowest BCUT2D eigenvalue weighted by Gasteiger charge is -2.19. The Morgan fingerprint density at radius 3 is 2.41 bits per heavy atom. The van der Waals surface area contributed by atoms with Crippen LogP contribution in [0.25, 0.3) is 5.57 Å². The molecule has 0 atom stereocenters. The van der Waals surface area contributed by atoms with Gasteiger partial charge in [0.2, 0.25) is 0 Å². The predicted molar refractivity (Wildman–Crippen MR) is 137 cm³/mol. The van der Waals surface area contributed by atoms with Crippen LogP contribution in [0, 0.1) is 0 Å². The van der Waals surface area contributed by atoms with Crippen LogP contribution in [0.2, 0.25) is 0 Å². The van der Waals surface area contributed by atoms with Crippen molar-refractivity contribution >= 4 is 21.9 Å². The van der Waals surface area contributed by atoms with Crippen LogP contribution < -0.4 is 5.32 Å². The molecule has 2 rings (SSSR count). The number of thiophene rings is 1. The number of rotatable bonds is 14. The molecule has 0 unspecified atom stereocenters. The Labute approximate surface area is 197 Å². The van der Waals surface area contributed by atoms with E-state index < -0.39 is 5.60 Å². The van der Waals surface area contributed by atoms with Crippen molar-refractivity contribution in [3.8, 4) is 0 Å². The first-order valence-corrected chi connectivity index (χ1v) is 12.6. The van der Waals surface area contributed by atoms with Crippen LogP contribution in [-0.2, 0) is 19.6 Å². The molecule has 0 aliphatic heterocycles. The van der Waals surface area contributed by atoms with Crippen molar-refractivity contribution in [2.75, 3.05) is 11.9 Å².